The van der Waals surface area contributed by atoms with Crippen LogP contribution in [0, 0.1) is 13.8 Å². The molecule has 6 nitrogen and oxygen atoms in total. The number of nitrogens with zero attached hydrogens (tertiary/aromatic N) is 2. The van der Waals surface area contributed by atoms with Crippen molar-refractivity contribution in [2.24, 2.45) is 5.73 Å². The molecule has 2 aromatic heterocycles. The number of nitrogens with two attached hydrogens (primary N) is 1. The summed E-state index contributed by atoms with van der Waals surface area (Å²) < 4.78 is 13.4. The minimum Gasteiger partial charge on any atom is -0.486 e. The highest BCUT2D eigenvalue weighted by atomic mass is 16.6. The first-order valence-electron chi connectivity index (χ1n) is 8.85. The number of fused-ring (bicyclic) bond motifs is 1. The molecule has 0 radical (unpaired) electrons. The number of hydrogen-bond donors (Lipinski definition) is 1. The second-order valence-electron chi connectivity index (χ2n) is 6.55. The SMILES string of the molecule is Cc1c(C(N)=O)c(-c2ccc3c(c2)OCCO3)c(C)n1Cc1ccccn1. The quantitative estimate of drug-likeness (QED) is 0.772. The van der Waals surface area contributed by atoms with E-state index in [2.05, 4.69) is 9.55 Å². The summed E-state index contributed by atoms with van der Waals surface area (Å²) in [5.74, 6) is 0.955. The maximum Gasteiger partial charge on any atom is 0.251 e. The first-order chi connectivity index (χ1) is 13.1. The van der Waals surface area contributed by atoms with Gasteiger partial charge in [-0.15, -0.1) is 0 Å². The molecule has 0 aliphatic carbocycles. The Morgan fingerprint density at radius 3 is 2.59 bits per heavy atom. The van der Waals surface area contributed by atoms with Crippen LogP contribution in [0.3, 0.4) is 0 Å². The van der Waals surface area contributed by atoms with Gasteiger partial charge in [0, 0.05) is 23.1 Å². The molecule has 1 aliphatic rings. The van der Waals surface area contributed by atoms with E-state index in [1.165, 1.54) is 0 Å². The van der Waals surface area contributed by atoms with Gasteiger partial charge in [-0.3, -0.25) is 9.78 Å². The Hall–Kier alpha value is -3.28. The summed E-state index contributed by atoms with van der Waals surface area (Å²) in [6, 6.07) is 11.5. The molecule has 0 bridgehead atoms. The Morgan fingerprint density at radius 1 is 1.11 bits per heavy atom. The summed E-state index contributed by atoms with van der Waals surface area (Å²) in [4.78, 5) is 16.7. The molecule has 6 heteroatoms. The number of rotatable bonds is 4. The number of benzene rings is 1. The third-order valence-corrected chi connectivity index (χ3v) is 4.91. The molecule has 0 saturated heterocycles. The van der Waals surface area contributed by atoms with Crippen LogP contribution in [-0.4, -0.2) is 28.7 Å². The minimum absolute atomic E-state index is 0.444. The molecule has 0 spiro atoms. The Bertz CT molecular complexity index is 1010. The summed E-state index contributed by atoms with van der Waals surface area (Å²) >= 11 is 0. The van der Waals surface area contributed by atoms with E-state index >= 15 is 0 Å². The van der Waals surface area contributed by atoms with Gasteiger partial charge in [-0.2, -0.15) is 0 Å². The fourth-order valence-electron chi connectivity index (χ4n) is 3.63. The lowest BCUT2D eigenvalue weighted by Gasteiger charge is -2.19. The average Bonchev–Trinajstić information content (AvgIpc) is 2.93. The van der Waals surface area contributed by atoms with Gasteiger partial charge in [0.15, 0.2) is 11.5 Å². The number of carbonyl (C=O) groups excluding carboxylic acids is 1. The van der Waals surface area contributed by atoms with Gasteiger partial charge < -0.3 is 19.8 Å². The summed E-state index contributed by atoms with van der Waals surface area (Å²) in [6.07, 6.45) is 1.76. The third kappa shape index (κ3) is 3.03. The van der Waals surface area contributed by atoms with Crippen LogP contribution in [0.15, 0.2) is 42.6 Å². The highest BCUT2D eigenvalue weighted by molar-refractivity contribution is 6.02. The molecule has 0 fully saturated rings. The first-order valence-corrected chi connectivity index (χ1v) is 8.85. The fourth-order valence-corrected chi connectivity index (χ4v) is 3.63. The van der Waals surface area contributed by atoms with Gasteiger partial charge in [0.25, 0.3) is 5.91 Å². The molecular formula is C21H21N3O3. The molecule has 3 heterocycles. The molecule has 138 valence electrons. The van der Waals surface area contributed by atoms with Crippen molar-refractivity contribution in [3.63, 3.8) is 0 Å². The molecule has 27 heavy (non-hydrogen) atoms. The molecule has 0 saturated carbocycles. The Balaban J connectivity index is 1.85. The fraction of sp³-hybridized carbons (Fsp3) is 0.238. The number of ether oxygens (including phenoxy) is 2. The van der Waals surface area contributed by atoms with Crippen molar-refractivity contribution in [3.05, 3.63) is 65.2 Å². The molecule has 1 aliphatic heterocycles. The summed E-state index contributed by atoms with van der Waals surface area (Å²) in [7, 11) is 0. The molecule has 0 atom stereocenters. The van der Waals surface area contributed by atoms with Gasteiger partial charge in [-0.1, -0.05) is 12.1 Å². The first kappa shape index (κ1) is 17.1. The molecule has 4 rings (SSSR count). The van der Waals surface area contributed by atoms with Crippen molar-refractivity contribution >= 4 is 5.91 Å². The number of hydrogen-bond acceptors (Lipinski definition) is 4. The largest absolute Gasteiger partial charge is 0.486 e. The topological polar surface area (TPSA) is 79.4 Å². The normalized spacial score (nSPS) is 12.8. The maximum atomic E-state index is 12.3. The lowest BCUT2D eigenvalue weighted by atomic mass is 9.99. The van der Waals surface area contributed by atoms with E-state index in [0.29, 0.717) is 36.8 Å². The highest BCUT2D eigenvalue weighted by Crippen LogP contribution is 2.38. The van der Waals surface area contributed by atoms with Crippen LogP contribution in [0.5, 0.6) is 11.5 Å². The zero-order valence-corrected chi connectivity index (χ0v) is 15.4. The van der Waals surface area contributed by atoms with Crippen molar-refractivity contribution in [2.75, 3.05) is 13.2 Å². The Labute approximate surface area is 157 Å². The van der Waals surface area contributed by atoms with Crippen molar-refractivity contribution in [1.82, 2.24) is 9.55 Å². The smallest absolute Gasteiger partial charge is 0.251 e. The molecule has 2 N–H and O–H groups in total. The lowest BCUT2D eigenvalue weighted by molar-refractivity contribution is 0.1000. The van der Waals surface area contributed by atoms with E-state index in [1.807, 2.05) is 50.2 Å². The van der Waals surface area contributed by atoms with Crippen molar-refractivity contribution < 1.29 is 14.3 Å². The van der Waals surface area contributed by atoms with E-state index in [4.69, 9.17) is 15.2 Å². The number of primary amides is 1. The van der Waals surface area contributed by atoms with E-state index in [-0.39, 0.29) is 0 Å². The summed E-state index contributed by atoms with van der Waals surface area (Å²) in [5, 5.41) is 0. The van der Waals surface area contributed by atoms with Gasteiger partial charge in [0.2, 0.25) is 0 Å². The van der Waals surface area contributed by atoms with E-state index in [9.17, 15) is 4.79 Å². The van der Waals surface area contributed by atoms with E-state index in [0.717, 1.165) is 28.2 Å². The average molecular weight is 363 g/mol. The van der Waals surface area contributed by atoms with E-state index in [1.54, 1.807) is 6.20 Å². The van der Waals surface area contributed by atoms with Crippen LogP contribution in [0.4, 0.5) is 0 Å². The Morgan fingerprint density at radius 2 is 1.89 bits per heavy atom. The molecule has 1 amide bonds. The number of carbonyl (C=O) groups is 1. The van der Waals surface area contributed by atoms with Crippen LogP contribution >= 0.6 is 0 Å². The van der Waals surface area contributed by atoms with Gasteiger partial charge in [0.1, 0.15) is 13.2 Å². The van der Waals surface area contributed by atoms with Crippen LogP contribution in [0.2, 0.25) is 0 Å². The van der Waals surface area contributed by atoms with Gasteiger partial charge in [0.05, 0.1) is 17.8 Å². The lowest BCUT2D eigenvalue weighted by Crippen LogP contribution is -2.15. The van der Waals surface area contributed by atoms with Crippen LogP contribution in [-0.2, 0) is 6.54 Å². The highest BCUT2D eigenvalue weighted by Gasteiger charge is 2.24. The third-order valence-electron chi connectivity index (χ3n) is 4.91. The summed E-state index contributed by atoms with van der Waals surface area (Å²) in [6.45, 7) is 5.53. The van der Waals surface area contributed by atoms with E-state index < -0.39 is 5.91 Å². The zero-order chi connectivity index (χ0) is 19.0. The van der Waals surface area contributed by atoms with Gasteiger partial charge in [-0.25, -0.2) is 0 Å². The van der Waals surface area contributed by atoms with Crippen LogP contribution < -0.4 is 15.2 Å². The van der Waals surface area contributed by atoms with Crippen molar-refractivity contribution in [1.29, 1.82) is 0 Å². The van der Waals surface area contributed by atoms with Crippen LogP contribution in [0.1, 0.15) is 27.4 Å². The second kappa shape index (κ2) is 6.79. The molecule has 3 aromatic rings. The molecule has 1 aromatic carbocycles. The van der Waals surface area contributed by atoms with Crippen LogP contribution in [0.25, 0.3) is 11.1 Å². The predicted octanol–water partition coefficient (Wildman–Crippen LogP) is 3.09. The van der Waals surface area contributed by atoms with Gasteiger partial charge in [-0.05, 0) is 43.7 Å². The minimum atomic E-state index is -0.444. The van der Waals surface area contributed by atoms with Crippen molar-refractivity contribution in [2.45, 2.75) is 20.4 Å². The summed E-state index contributed by atoms with van der Waals surface area (Å²) in [5.41, 5.74) is 10.7. The van der Waals surface area contributed by atoms with Crippen molar-refractivity contribution in [3.8, 4) is 22.6 Å². The number of aromatic nitrogens is 2. The predicted molar refractivity (Wildman–Crippen MR) is 102 cm³/mol. The zero-order valence-electron chi connectivity index (χ0n) is 15.4. The number of amides is 1. The van der Waals surface area contributed by atoms with Gasteiger partial charge >= 0.3 is 0 Å². The second-order valence-corrected chi connectivity index (χ2v) is 6.55. The molecule has 0 unspecified atom stereocenters. The number of pyridine rings is 1. The standard InChI is InChI=1S/C21H21N3O3/c1-13-19(15-6-7-17-18(11-15)27-10-9-26-17)20(21(22)25)14(2)24(13)12-16-5-3-4-8-23-16/h3-8,11H,9-10,12H2,1-2H3,(H2,22,25). The Kier molecular flexibility index (Phi) is 4.32. The maximum absolute atomic E-state index is 12.3. The molecular weight excluding hydrogens is 342 g/mol. The monoisotopic (exact) mass is 363 g/mol.